The molecule has 1 atom stereocenters. The molecular formula is C14H13BrClNOS. The van der Waals surface area contributed by atoms with Gasteiger partial charge in [0, 0.05) is 24.8 Å². The fraction of sp³-hybridized carbons (Fsp3) is 0.214. The van der Waals surface area contributed by atoms with E-state index in [0.29, 0.717) is 10.6 Å². The van der Waals surface area contributed by atoms with Crippen LogP contribution in [0.4, 0.5) is 0 Å². The van der Waals surface area contributed by atoms with E-state index in [9.17, 15) is 4.79 Å². The van der Waals surface area contributed by atoms with Gasteiger partial charge in [-0.1, -0.05) is 27.5 Å². The molecular weight excluding hydrogens is 346 g/mol. The van der Waals surface area contributed by atoms with Crippen molar-refractivity contribution < 1.29 is 4.79 Å². The number of hydrogen-bond acceptors (Lipinski definition) is 2. The molecule has 0 spiro atoms. The van der Waals surface area contributed by atoms with E-state index in [2.05, 4.69) is 34.2 Å². The van der Waals surface area contributed by atoms with E-state index in [0.717, 1.165) is 9.35 Å². The quantitative estimate of drug-likeness (QED) is 0.825. The molecule has 2 nitrogen and oxygen atoms in total. The van der Waals surface area contributed by atoms with E-state index >= 15 is 0 Å². The lowest BCUT2D eigenvalue weighted by Crippen LogP contribution is -2.26. The third kappa shape index (κ3) is 3.81. The van der Waals surface area contributed by atoms with Crippen molar-refractivity contribution in [1.82, 2.24) is 5.32 Å². The number of amides is 1. The van der Waals surface area contributed by atoms with Crippen LogP contribution in [0, 0.1) is 6.92 Å². The summed E-state index contributed by atoms with van der Waals surface area (Å²) in [6, 6.07) is 9.26. The van der Waals surface area contributed by atoms with Crippen molar-refractivity contribution >= 4 is 44.8 Å². The maximum absolute atomic E-state index is 12.2. The third-order valence-electron chi connectivity index (χ3n) is 2.66. The summed E-state index contributed by atoms with van der Waals surface area (Å²) >= 11 is 11.0. The Morgan fingerprint density at radius 1 is 1.37 bits per heavy atom. The zero-order valence-electron chi connectivity index (χ0n) is 10.5. The molecule has 0 radical (unpaired) electrons. The Balaban J connectivity index is 2.12. The molecule has 0 fully saturated rings. The molecule has 100 valence electrons. The van der Waals surface area contributed by atoms with Crippen LogP contribution in [0.15, 0.2) is 34.8 Å². The van der Waals surface area contributed by atoms with E-state index in [1.165, 1.54) is 4.88 Å². The highest BCUT2D eigenvalue weighted by atomic mass is 79.9. The summed E-state index contributed by atoms with van der Waals surface area (Å²) in [7, 11) is 0. The first-order valence-electron chi connectivity index (χ1n) is 5.79. The number of thiophene rings is 1. The number of aryl methyl sites for hydroxylation is 1. The van der Waals surface area contributed by atoms with Gasteiger partial charge < -0.3 is 5.32 Å². The third-order valence-corrected chi connectivity index (χ3v) is 4.52. The van der Waals surface area contributed by atoms with E-state index in [1.807, 2.05) is 13.0 Å². The summed E-state index contributed by atoms with van der Waals surface area (Å²) in [5.41, 5.74) is 0.555. The second-order valence-corrected chi connectivity index (χ2v) is 6.97. The van der Waals surface area contributed by atoms with Gasteiger partial charge in [0.25, 0.3) is 5.91 Å². The molecule has 2 rings (SSSR count). The molecule has 0 aliphatic carbocycles. The molecule has 19 heavy (non-hydrogen) atoms. The summed E-state index contributed by atoms with van der Waals surface area (Å²) in [4.78, 5) is 14.5. The number of halogens is 2. The first kappa shape index (κ1) is 14.6. The standard InChI is InChI=1S/C14H13BrClNOS/c1-8-3-4-13(19-8)9(2)17-14(18)10-5-11(15)7-12(16)6-10/h3-7,9H,1-2H3,(H,17,18). The molecule has 2 aromatic rings. The average molecular weight is 359 g/mol. The molecule has 0 saturated carbocycles. The van der Waals surface area contributed by atoms with Gasteiger partial charge in [-0.2, -0.15) is 0 Å². The highest BCUT2D eigenvalue weighted by Gasteiger charge is 2.13. The van der Waals surface area contributed by atoms with Gasteiger partial charge in [-0.05, 0) is 44.2 Å². The van der Waals surface area contributed by atoms with Gasteiger partial charge in [-0.3, -0.25) is 4.79 Å². The Morgan fingerprint density at radius 3 is 2.68 bits per heavy atom. The van der Waals surface area contributed by atoms with Gasteiger partial charge in [0.05, 0.1) is 6.04 Å². The maximum Gasteiger partial charge on any atom is 0.251 e. The number of nitrogens with one attached hydrogen (secondary N) is 1. The van der Waals surface area contributed by atoms with Crippen molar-refractivity contribution in [2.75, 3.05) is 0 Å². The second kappa shape index (κ2) is 6.07. The Bertz CT molecular complexity index is 591. The van der Waals surface area contributed by atoms with Crippen LogP contribution in [-0.4, -0.2) is 5.91 Å². The summed E-state index contributed by atoms with van der Waals surface area (Å²) in [6.45, 7) is 4.03. The zero-order valence-corrected chi connectivity index (χ0v) is 13.7. The van der Waals surface area contributed by atoms with Gasteiger partial charge in [0.15, 0.2) is 0 Å². The van der Waals surface area contributed by atoms with Crippen molar-refractivity contribution in [1.29, 1.82) is 0 Å². The van der Waals surface area contributed by atoms with Crippen molar-refractivity contribution in [2.45, 2.75) is 19.9 Å². The van der Waals surface area contributed by atoms with E-state index in [4.69, 9.17) is 11.6 Å². The second-order valence-electron chi connectivity index (χ2n) is 4.30. The fourth-order valence-corrected chi connectivity index (χ4v) is 3.46. The van der Waals surface area contributed by atoms with Gasteiger partial charge in [0.1, 0.15) is 0 Å². The minimum Gasteiger partial charge on any atom is -0.345 e. The predicted octanol–water partition coefficient (Wildman–Crippen LogP) is 4.96. The minimum absolute atomic E-state index is 0.0102. The molecule has 1 aromatic carbocycles. The van der Waals surface area contributed by atoms with Crippen molar-refractivity contribution in [3.8, 4) is 0 Å². The average Bonchev–Trinajstić information content (AvgIpc) is 2.74. The monoisotopic (exact) mass is 357 g/mol. The molecule has 0 saturated heterocycles. The lowest BCUT2D eigenvalue weighted by Gasteiger charge is -2.12. The van der Waals surface area contributed by atoms with Gasteiger partial charge >= 0.3 is 0 Å². The molecule has 1 heterocycles. The first-order chi connectivity index (χ1) is 8.95. The largest absolute Gasteiger partial charge is 0.345 e. The summed E-state index contributed by atoms with van der Waals surface area (Å²) in [6.07, 6.45) is 0. The molecule has 1 aromatic heterocycles. The Kier molecular flexibility index (Phi) is 4.66. The van der Waals surface area contributed by atoms with Crippen molar-refractivity contribution in [3.05, 3.63) is 55.1 Å². The number of carbonyl (C=O) groups excluding carboxylic acids is 1. The van der Waals surface area contributed by atoms with Crippen LogP contribution in [0.3, 0.4) is 0 Å². The number of rotatable bonds is 3. The van der Waals surface area contributed by atoms with Gasteiger partial charge in [0.2, 0.25) is 0 Å². The number of hydrogen-bond donors (Lipinski definition) is 1. The number of benzene rings is 1. The lowest BCUT2D eigenvalue weighted by molar-refractivity contribution is 0.0940. The van der Waals surface area contributed by atoms with Crippen LogP contribution >= 0.6 is 38.9 Å². The fourth-order valence-electron chi connectivity index (χ4n) is 1.72. The van der Waals surface area contributed by atoms with Crippen LogP contribution in [0.2, 0.25) is 5.02 Å². The Labute approximate surface area is 129 Å². The van der Waals surface area contributed by atoms with Crippen LogP contribution in [-0.2, 0) is 0 Å². The highest BCUT2D eigenvalue weighted by Crippen LogP contribution is 2.24. The lowest BCUT2D eigenvalue weighted by atomic mass is 10.2. The molecule has 0 bridgehead atoms. The van der Waals surface area contributed by atoms with Gasteiger partial charge in [-0.15, -0.1) is 11.3 Å². The maximum atomic E-state index is 12.2. The zero-order chi connectivity index (χ0) is 14.0. The summed E-state index contributed by atoms with van der Waals surface area (Å²) in [5.74, 6) is -0.123. The minimum atomic E-state index is -0.123. The highest BCUT2D eigenvalue weighted by molar-refractivity contribution is 9.10. The molecule has 0 aliphatic rings. The van der Waals surface area contributed by atoms with E-state index < -0.39 is 0 Å². The normalized spacial score (nSPS) is 12.2. The van der Waals surface area contributed by atoms with E-state index in [-0.39, 0.29) is 11.9 Å². The summed E-state index contributed by atoms with van der Waals surface area (Å²) < 4.78 is 0.796. The smallest absolute Gasteiger partial charge is 0.251 e. The molecule has 1 unspecified atom stereocenters. The Morgan fingerprint density at radius 2 is 2.11 bits per heavy atom. The molecule has 1 N–H and O–H groups in total. The van der Waals surface area contributed by atoms with Crippen molar-refractivity contribution in [2.24, 2.45) is 0 Å². The van der Waals surface area contributed by atoms with Crippen molar-refractivity contribution in [3.63, 3.8) is 0 Å². The summed E-state index contributed by atoms with van der Waals surface area (Å²) in [5, 5.41) is 3.51. The SMILES string of the molecule is Cc1ccc(C(C)NC(=O)c2cc(Cl)cc(Br)c2)s1. The van der Waals surface area contributed by atoms with Crippen LogP contribution in [0.5, 0.6) is 0 Å². The number of carbonyl (C=O) groups is 1. The van der Waals surface area contributed by atoms with Crippen LogP contribution < -0.4 is 5.32 Å². The van der Waals surface area contributed by atoms with Crippen LogP contribution in [0.25, 0.3) is 0 Å². The van der Waals surface area contributed by atoms with Crippen LogP contribution in [0.1, 0.15) is 33.1 Å². The van der Waals surface area contributed by atoms with Gasteiger partial charge in [-0.25, -0.2) is 0 Å². The Hall–Kier alpha value is -0.840. The molecule has 1 amide bonds. The molecule has 5 heteroatoms. The topological polar surface area (TPSA) is 29.1 Å². The first-order valence-corrected chi connectivity index (χ1v) is 7.78. The predicted molar refractivity (Wildman–Crippen MR) is 84.1 cm³/mol. The van der Waals surface area contributed by atoms with E-state index in [1.54, 1.807) is 29.5 Å². The molecule has 0 aliphatic heterocycles.